The number of benzene rings is 1. The van der Waals surface area contributed by atoms with Crippen LogP contribution < -0.4 is 10.6 Å². The molecule has 4 bridgehead atoms. The van der Waals surface area contributed by atoms with Crippen LogP contribution in [-0.2, 0) is 0 Å². The van der Waals surface area contributed by atoms with Crippen molar-refractivity contribution in [3.63, 3.8) is 0 Å². The second-order valence-corrected chi connectivity index (χ2v) is 10.2. The molecule has 2 N–H and O–H groups in total. The predicted molar refractivity (Wildman–Crippen MR) is 113 cm³/mol. The fourth-order valence-electron chi connectivity index (χ4n) is 7.16. The van der Waals surface area contributed by atoms with E-state index in [0.717, 1.165) is 30.0 Å². The fourth-order valence-corrected chi connectivity index (χ4v) is 7.16. The molecule has 4 aliphatic carbocycles. The number of carbonyl (C=O) groups is 1. The van der Waals surface area contributed by atoms with Gasteiger partial charge in [-0.3, -0.25) is 4.79 Å². The second-order valence-electron chi connectivity index (χ2n) is 10.2. The van der Waals surface area contributed by atoms with Crippen LogP contribution in [0.25, 0.3) is 0 Å². The van der Waals surface area contributed by atoms with Gasteiger partial charge in [0, 0.05) is 11.6 Å². The van der Waals surface area contributed by atoms with Crippen molar-refractivity contribution in [3.05, 3.63) is 47.7 Å². The number of rotatable bonds is 3. The van der Waals surface area contributed by atoms with Gasteiger partial charge in [0.25, 0.3) is 5.91 Å². The molecule has 5 nitrogen and oxygen atoms in total. The molecule has 2 heterocycles. The number of amides is 1. The fraction of sp³-hybridized carbons (Fsp3) is 0.583. The maximum atomic E-state index is 13.4. The molecule has 2 aromatic rings. The molecule has 152 valence electrons. The smallest absolute Gasteiger partial charge is 0.257 e. The molecule has 0 unspecified atom stereocenters. The number of nitrogens with zero attached hydrogens (tertiary/aromatic N) is 2. The van der Waals surface area contributed by atoms with E-state index < -0.39 is 0 Å². The minimum atomic E-state index is 0.0275. The summed E-state index contributed by atoms with van der Waals surface area (Å²) in [6, 6.07) is 11.0. The summed E-state index contributed by atoms with van der Waals surface area (Å²) in [6.07, 6.45) is 10.4. The molecule has 1 aromatic heterocycles. The standard InChI is InChI=1S/C24H30N4O/c1-15-7-21(19-5-3-2-4-6-19)28-22(26-15)20(14-25-28)23(29)27-24-11-16-8-17(12-24)10-18(9-16)13-24/h2-6,14-18,21,26H,7-13H2,1H3,(H,27,29)/t15-,16?,17?,18?,21-,24?/m1/s1. The number of hydrogen-bond acceptors (Lipinski definition) is 3. The largest absolute Gasteiger partial charge is 0.367 e. The molecule has 5 heteroatoms. The minimum Gasteiger partial charge on any atom is -0.367 e. The molecule has 4 fully saturated rings. The number of hydrogen-bond donors (Lipinski definition) is 2. The van der Waals surface area contributed by atoms with E-state index in [-0.39, 0.29) is 17.5 Å². The topological polar surface area (TPSA) is 59.0 Å². The van der Waals surface area contributed by atoms with Crippen LogP contribution in [0.4, 0.5) is 5.82 Å². The number of nitrogens with one attached hydrogen (secondary N) is 2. The van der Waals surface area contributed by atoms with Crippen LogP contribution in [0.15, 0.2) is 36.5 Å². The SMILES string of the molecule is C[C@@H]1C[C@H](c2ccccc2)n2ncc(C(=O)NC34CC5CC(CC(C5)C3)C4)c2N1. The van der Waals surface area contributed by atoms with Crippen LogP contribution in [0.2, 0.25) is 0 Å². The van der Waals surface area contributed by atoms with Gasteiger partial charge in [0.05, 0.1) is 12.2 Å². The number of aromatic nitrogens is 2. The number of anilines is 1. The first-order valence-electron chi connectivity index (χ1n) is 11.3. The monoisotopic (exact) mass is 390 g/mol. The van der Waals surface area contributed by atoms with Crippen molar-refractivity contribution in [1.29, 1.82) is 0 Å². The number of fused-ring (bicyclic) bond motifs is 1. The predicted octanol–water partition coefficient (Wildman–Crippen LogP) is 4.38. The Bertz CT molecular complexity index is 898. The minimum absolute atomic E-state index is 0.0275. The van der Waals surface area contributed by atoms with Gasteiger partial charge in [0.15, 0.2) is 0 Å². The maximum absolute atomic E-state index is 13.4. The molecule has 1 amide bonds. The van der Waals surface area contributed by atoms with E-state index in [1.54, 1.807) is 6.20 Å². The molecule has 1 aliphatic heterocycles. The van der Waals surface area contributed by atoms with Crippen molar-refractivity contribution < 1.29 is 4.79 Å². The molecule has 2 atom stereocenters. The van der Waals surface area contributed by atoms with Gasteiger partial charge in [-0.15, -0.1) is 0 Å². The lowest BCUT2D eigenvalue weighted by atomic mass is 9.53. The molecule has 29 heavy (non-hydrogen) atoms. The highest BCUT2D eigenvalue weighted by molar-refractivity contribution is 5.99. The molecule has 1 aromatic carbocycles. The summed E-state index contributed by atoms with van der Waals surface area (Å²) in [6.45, 7) is 2.19. The molecule has 4 saturated carbocycles. The van der Waals surface area contributed by atoms with E-state index in [9.17, 15) is 4.79 Å². The lowest BCUT2D eigenvalue weighted by Gasteiger charge is -2.56. The van der Waals surface area contributed by atoms with Gasteiger partial charge in [0.1, 0.15) is 11.4 Å². The van der Waals surface area contributed by atoms with Gasteiger partial charge < -0.3 is 10.6 Å². The molecular formula is C24H30N4O. The lowest BCUT2D eigenvalue weighted by Crippen LogP contribution is -2.59. The summed E-state index contributed by atoms with van der Waals surface area (Å²) in [5.74, 6) is 3.40. The van der Waals surface area contributed by atoms with Crippen molar-refractivity contribution in [2.75, 3.05) is 5.32 Å². The molecular weight excluding hydrogens is 360 g/mol. The Morgan fingerprint density at radius 1 is 1.07 bits per heavy atom. The van der Waals surface area contributed by atoms with Gasteiger partial charge in [-0.05, 0) is 75.2 Å². The van der Waals surface area contributed by atoms with Gasteiger partial charge in [-0.1, -0.05) is 30.3 Å². The highest BCUT2D eigenvalue weighted by atomic mass is 16.1. The van der Waals surface area contributed by atoms with Crippen molar-refractivity contribution in [3.8, 4) is 0 Å². The van der Waals surface area contributed by atoms with Crippen LogP contribution in [0.1, 0.15) is 73.8 Å². The van der Waals surface area contributed by atoms with E-state index in [2.05, 4.69) is 46.9 Å². The molecule has 0 saturated heterocycles. The summed E-state index contributed by atoms with van der Waals surface area (Å²) >= 11 is 0. The average Bonchev–Trinajstić information content (AvgIpc) is 3.10. The molecule has 0 spiro atoms. The van der Waals surface area contributed by atoms with Crippen LogP contribution >= 0.6 is 0 Å². The van der Waals surface area contributed by atoms with Crippen molar-refractivity contribution >= 4 is 11.7 Å². The van der Waals surface area contributed by atoms with Gasteiger partial charge >= 0.3 is 0 Å². The van der Waals surface area contributed by atoms with E-state index >= 15 is 0 Å². The molecule has 0 radical (unpaired) electrons. The zero-order valence-electron chi connectivity index (χ0n) is 17.1. The Hall–Kier alpha value is -2.30. The summed E-state index contributed by atoms with van der Waals surface area (Å²) in [5.41, 5.74) is 1.98. The molecule has 7 rings (SSSR count). The molecule has 5 aliphatic rings. The van der Waals surface area contributed by atoms with E-state index in [0.29, 0.717) is 11.6 Å². The summed E-state index contributed by atoms with van der Waals surface area (Å²) in [5, 5.41) is 11.7. The maximum Gasteiger partial charge on any atom is 0.257 e. The van der Waals surface area contributed by atoms with Crippen molar-refractivity contribution in [2.24, 2.45) is 17.8 Å². The van der Waals surface area contributed by atoms with E-state index in [1.807, 2.05) is 10.7 Å². The van der Waals surface area contributed by atoms with Gasteiger partial charge in [-0.25, -0.2) is 4.68 Å². The summed E-state index contributed by atoms with van der Waals surface area (Å²) < 4.78 is 2.02. The first kappa shape index (κ1) is 17.5. The summed E-state index contributed by atoms with van der Waals surface area (Å²) in [7, 11) is 0. The van der Waals surface area contributed by atoms with Gasteiger partial charge in [0.2, 0.25) is 0 Å². The Morgan fingerprint density at radius 3 is 2.38 bits per heavy atom. The number of carbonyl (C=O) groups excluding carboxylic acids is 1. The highest BCUT2D eigenvalue weighted by Crippen LogP contribution is 2.55. The first-order chi connectivity index (χ1) is 14.1. The third kappa shape index (κ3) is 2.89. The first-order valence-corrected chi connectivity index (χ1v) is 11.3. The lowest BCUT2D eigenvalue weighted by molar-refractivity contribution is -0.0166. The third-order valence-corrected chi connectivity index (χ3v) is 7.90. The van der Waals surface area contributed by atoms with E-state index in [1.165, 1.54) is 44.1 Å². The Kier molecular flexibility index (Phi) is 3.84. The van der Waals surface area contributed by atoms with Gasteiger partial charge in [-0.2, -0.15) is 5.10 Å². The van der Waals surface area contributed by atoms with E-state index in [4.69, 9.17) is 0 Å². The zero-order chi connectivity index (χ0) is 19.6. The Balaban J connectivity index is 1.29. The third-order valence-electron chi connectivity index (χ3n) is 7.90. The van der Waals surface area contributed by atoms with Crippen LogP contribution in [-0.4, -0.2) is 27.3 Å². The quantitative estimate of drug-likeness (QED) is 0.818. The average molecular weight is 391 g/mol. The normalized spacial score (nSPS) is 37.1. The van der Waals surface area contributed by atoms with Crippen LogP contribution in [0, 0.1) is 17.8 Å². The zero-order valence-corrected chi connectivity index (χ0v) is 17.1. The Morgan fingerprint density at radius 2 is 1.72 bits per heavy atom. The van der Waals surface area contributed by atoms with Crippen LogP contribution in [0.5, 0.6) is 0 Å². The highest BCUT2D eigenvalue weighted by Gasteiger charge is 2.51. The van der Waals surface area contributed by atoms with Crippen molar-refractivity contribution in [2.45, 2.75) is 69.5 Å². The Labute approximate surface area is 172 Å². The van der Waals surface area contributed by atoms with Crippen molar-refractivity contribution in [1.82, 2.24) is 15.1 Å². The second kappa shape index (κ2) is 6.35. The summed E-state index contributed by atoms with van der Waals surface area (Å²) in [4.78, 5) is 13.4. The van der Waals surface area contributed by atoms with Crippen LogP contribution in [0.3, 0.4) is 0 Å².